The van der Waals surface area contributed by atoms with Crippen LogP contribution in [0.2, 0.25) is 0 Å². The first-order valence-electron chi connectivity index (χ1n) is 5.63. The summed E-state index contributed by atoms with van der Waals surface area (Å²) in [5, 5.41) is 0. The van der Waals surface area contributed by atoms with E-state index in [2.05, 4.69) is 23.7 Å². The quantitative estimate of drug-likeness (QED) is 0.736. The molecule has 1 fully saturated rings. The van der Waals surface area contributed by atoms with Crippen molar-refractivity contribution in [2.24, 2.45) is 0 Å². The molecule has 1 aromatic carbocycles. The number of nitrogens with zero attached hydrogens (tertiary/aromatic N) is 1. The monoisotopic (exact) mass is 265 g/mol. The number of para-hydroxylation sites is 1. The number of hydrogen-bond donors (Lipinski definition) is 1. The first kappa shape index (κ1) is 12.6. The molecule has 0 radical (unpaired) electrons. The van der Waals surface area contributed by atoms with E-state index in [0.717, 1.165) is 24.8 Å². The van der Waals surface area contributed by atoms with Crippen LogP contribution in [-0.2, 0) is 4.79 Å². The Morgan fingerprint density at radius 2 is 2.18 bits per heavy atom. The maximum absolute atomic E-state index is 10.8. The minimum atomic E-state index is -0.292. The Hall–Kier alpha value is -0.870. The highest BCUT2D eigenvalue weighted by Gasteiger charge is 2.32. The fourth-order valence-corrected chi connectivity index (χ4v) is 2.75. The predicted octanol–water partition coefficient (Wildman–Crippen LogP) is 3.72. The van der Waals surface area contributed by atoms with Gasteiger partial charge in [-0.3, -0.25) is 4.79 Å². The van der Waals surface area contributed by atoms with Gasteiger partial charge in [0, 0.05) is 6.42 Å². The van der Waals surface area contributed by atoms with Crippen LogP contribution in [0.1, 0.15) is 26.2 Å². The van der Waals surface area contributed by atoms with E-state index in [1.807, 2.05) is 30.6 Å². The zero-order valence-electron chi connectivity index (χ0n) is 9.72. The van der Waals surface area contributed by atoms with Crippen molar-refractivity contribution in [3.05, 3.63) is 29.8 Å². The maximum Gasteiger partial charge on any atom is 0.148 e. The standard InChI is InChI=1S/C7H5NS.C6H10OS/c1-2-4-7-6(3-1)8-5-9-7;1-6(8)4-2-3-5(6)7/h1-5H;8H,2-4H2,1H3. The summed E-state index contributed by atoms with van der Waals surface area (Å²) in [6.07, 6.45) is 2.72. The molecule has 1 atom stereocenters. The van der Waals surface area contributed by atoms with Gasteiger partial charge in [-0.15, -0.1) is 11.3 Å². The third-order valence-electron chi connectivity index (χ3n) is 2.90. The first-order chi connectivity index (χ1) is 8.09. The molecule has 1 unspecified atom stereocenters. The molecular weight excluding hydrogens is 250 g/mol. The van der Waals surface area contributed by atoms with Gasteiger partial charge in [0.05, 0.1) is 20.5 Å². The first-order valence-corrected chi connectivity index (χ1v) is 6.96. The van der Waals surface area contributed by atoms with Crippen LogP contribution < -0.4 is 0 Å². The largest absolute Gasteiger partial charge is 0.298 e. The summed E-state index contributed by atoms with van der Waals surface area (Å²) in [5.41, 5.74) is 2.97. The molecule has 2 nitrogen and oxygen atoms in total. The lowest BCUT2D eigenvalue weighted by Gasteiger charge is -2.11. The lowest BCUT2D eigenvalue weighted by atomic mass is 10.1. The molecule has 0 saturated heterocycles. The van der Waals surface area contributed by atoms with E-state index in [1.54, 1.807) is 11.3 Å². The molecule has 0 N–H and O–H groups in total. The van der Waals surface area contributed by atoms with Gasteiger partial charge >= 0.3 is 0 Å². The summed E-state index contributed by atoms with van der Waals surface area (Å²) in [4.78, 5) is 15.0. The molecule has 1 aliphatic carbocycles. The number of fused-ring (bicyclic) bond motifs is 1. The molecule has 0 bridgehead atoms. The van der Waals surface area contributed by atoms with Crippen molar-refractivity contribution in [3.8, 4) is 0 Å². The second-order valence-corrected chi connectivity index (χ2v) is 6.24. The molecule has 2 aromatic rings. The summed E-state index contributed by atoms with van der Waals surface area (Å²) in [6.45, 7) is 1.89. The Kier molecular flexibility index (Phi) is 3.84. The van der Waals surface area contributed by atoms with Crippen LogP contribution in [0, 0.1) is 0 Å². The molecule has 3 rings (SSSR count). The summed E-state index contributed by atoms with van der Waals surface area (Å²) in [6, 6.07) is 8.13. The molecule has 1 aliphatic rings. The molecule has 0 spiro atoms. The van der Waals surface area contributed by atoms with Crippen LogP contribution in [0.3, 0.4) is 0 Å². The average Bonchev–Trinajstić information content (AvgIpc) is 2.87. The maximum atomic E-state index is 10.8. The number of Topliss-reactive ketones (excluding diaryl/α,β-unsaturated/α-hetero) is 1. The fourth-order valence-electron chi connectivity index (χ4n) is 1.81. The number of aromatic nitrogens is 1. The molecule has 1 heterocycles. The van der Waals surface area contributed by atoms with Crippen LogP contribution in [0.25, 0.3) is 10.2 Å². The minimum absolute atomic E-state index is 0.292. The number of benzene rings is 1. The normalized spacial score (nSPS) is 23.5. The summed E-state index contributed by atoms with van der Waals surface area (Å²) in [5.74, 6) is 0.306. The number of thiol groups is 1. The van der Waals surface area contributed by atoms with Gasteiger partial charge in [-0.05, 0) is 31.9 Å². The third-order valence-corrected chi connectivity index (χ3v) is 4.19. The summed E-state index contributed by atoms with van der Waals surface area (Å²) < 4.78 is 0.970. The number of thiazole rings is 1. The zero-order chi connectivity index (χ0) is 12.3. The highest BCUT2D eigenvalue weighted by atomic mass is 32.1. The van der Waals surface area contributed by atoms with E-state index < -0.39 is 0 Å². The lowest BCUT2D eigenvalue weighted by Crippen LogP contribution is -2.21. The van der Waals surface area contributed by atoms with Gasteiger partial charge in [0.1, 0.15) is 5.78 Å². The number of rotatable bonds is 0. The Labute approximate surface area is 110 Å². The molecular formula is C13H15NOS2. The van der Waals surface area contributed by atoms with Gasteiger partial charge in [0.2, 0.25) is 0 Å². The highest BCUT2D eigenvalue weighted by Crippen LogP contribution is 2.30. The molecule has 0 aliphatic heterocycles. The highest BCUT2D eigenvalue weighted by molar-refractivity contribution is 7.82. The summed E-state index contributed by atoms with van der Waals surface area (Å²) in [7, 11) is 0. The number of hydrogen-bond acceptors (Lipinski definition) is 4. The summed E-state index contributed by atoms with van der Waals surface area (Å²) >= 11 is 5.87. The molecule has 1 saturated carbocycles. The van der Waals surface area contributed by atoms with Gasteiger partial charge in [-0.1, -0.05) is 12.1 Å². The van der Waals surface area contributed by atoms with Crippen molar-refractivity contribution in [1.29, 1.82) is 0 Å². The van der Waals surface area contributed by atoms with Crippen LogP contribution in [-0.4, -0.2) is 15.5 Å². The smallest absolute Gasteiger partial charge is 0.148 e. The molecule has 4 heteroatoms. The van der Waals surface area contributed by atoms with Crippen molar-refractivity contribution >= 4 is 40.0 Å². The average molecular weight is 265 g/mol. The van der Waals surface area contributed by atoms with Gasteiger partial charge in [0.25, 0.3) is 0 Å². The van der Waals surface area contributed by atoms with E-state index in [0.29, 0.717) is 5.78 Å². The van der Waals surface area contributed by atoms with E-state index in [9.17, 15) is 4.79 Å². The number of carbonyl (C=O) groups is 1. The van der Waals surface area contributed by atoms with E-state index >= 15 is 0 Å². The van der Waals surface area contributed by atoms with Gasteiger partial charge in [-0.2, -0.15) is 12.6 Å². The molecule has 0 amide bonds. The number of carbonyl (C=O) groups excluding carboxylic acids is 1. The van der Waals surface area contributed by atoms with Gasteiger partial charge in [0.15, 0.2) is 0 Å². The predicted molar refractivity (Wildman–Crippen MR) is 75.9 cm³/mol. The Balaban J connectivity index is 0.000000128. The molecule has 1 aromatic heterocycles. The Bertz CT molecular complexity index is 489. The van der Waals surface area contributed by atoms with Crippen LogP contribution in [0.15, 0.2) is 29.8 Å². The Morgan fingerprint density at radius 3 is 2.71 bits per heavy atom. The van der Waals surface area contributed by atoms with E-state index in [4.69, 9.17) is 0 Å². The molecule has 90 valence electrons. The van der Waals surface area contributed by atoms with Gasteiger partial charge in [-0.25, -0.2) is 4.98 Å². The fraction of sp³-hybridized carbons (Fsp3) is 0.385. The van der Waals surface area contributed by atoms with E-state index in [-0.39, 0.29) is 4.75 Å². The lowest BCUT2D eigenvalue weighted by molar-refractivity contribution is -0.118. The number of ketones is 1. The van der Waals surface area contributed by atoms with E-state index in [1.165, 1.54) is 4.70 Å². The molecule has 17 heavy (non-hydrogen) atoms. The topological polar surface area (TPSA) is 30.0 Å². The van der Waals surface area contributed by atoms with Crippen LogP contribution in [0.4, 0.5) is 0 Å². The van der Waals surface area contributed by atoms with Crippen LogP contribution >= 0.6 is 24.0 Å². The minimum Gasteiger partial charge on any atom is -0.298 e. The van der Waals surface area contributed by atoms with Gasteiger partial charge < -0.3 is 0 Å². The van der Waals surface area contributed by atoms with Crippen LogP contribution in [0.5, 0.6) is 0 Å². The third kappa shape index (κ3) is 3.07. The SMILES string of the molecule is CC1(S)CCCC1=O.c1ccc2scnc2c1. The Morgan fingerprint density at radius 1 is 1.41 bits per heavy atom. The van der Waals surface area contributed by atoms with Crippen molar-refractivity contribution in [1.82, 2.24) is 4.98 Å². The zero-order valence-corrected chi connectivity index (χ0v) is 11.4. The van der Waals surface area contributed by atoms with Crippen molar-refractivity contribution in [3.63, 3.8) is 0 Å². The van der Waals surface area contributed by atoms with Crippen molar-refractivity contribution in [2.45, 2.75) is 30.9 Å². The van der Waals surface area contributed by atoms with Crippen molar-refractivity contribution in [2.75, 3.05) is 0 Å². The van der Waals surface area contributed by atoms with Crippen molar-refractivity contribution < 1.29 is 4.79 Å². The second-order valence-electron chi connectivity index (χ2n) is 4.37. The second kappa shape index (κ2) is 5.19.